The predicted molar refractivity (Wildman–Crippen MR) is 67.8 cm³/mol. The van der Waals surface area contributed by atoms with Gasteiger partial charge < -0.3 is 15.0 Å². The van der Waals surface area contributed by atoms with Gasteiger partial charge in [-0.05, 0) is 28.1 Å². The van der Waals surface area contributed by atoms with E-state index in [4.69, 9.17) is 4.74 Å². The Morgan fingerprint density at radius 3 is 3.12 bits per heavy atom. The molecule has 2 heterocycles. The lowest BCUT2D eigenvalue weighted by molar-refractivity contribution is 0.0339. The largest absolute Gasteiger partial charge is 0.374 e. The highest BCUT2D eigenvalue weighted by Crippen LogP contribution is 2.14. The van der Waals surface area contributed by atoms with Gasteiger partial charge in [0.15, 0.2) is 0 Å². The number of pyridine rings is 1. The molecule has 0 bridgehead atoms. The smallest absolute Gasteiger partial charge is 0.128 e. The number of morpholine rings is 1. The zero-order valence-corrected chi connectivity index (χ0v) is 10.9. The molecule has 1 N–H and O–H groups in total. The highest BCUT2D eigenvalue weighted by Gasteiger charge is 2.15. The second kappa shape index (κ2) is 5.61. The minimum absolute atomic E-state index is 0.254. The van der Waals surface area contributed by atoms with Gasteiger partial charge in [-0.2, -0.15) is 0 Å². The zero-order valence-electron chi connectivity index (χ0n) is 9.32. The van der Waals surface area contributed by atoms with E-state index in [1.54, 1.807) is 0 Å². The first kappa shape index (κ1) is 11.8. The van der Waals surface area contributed by atoms with E-state index >= 15 is 0 Å². The Labute approximate surface area is 104 Å². The van der Waals surface area contributed by atoms with E-state index in [9.17, 15) is 0 Å². The van der Waals surface area contributed by atoms with Crippen LogP contribution < -0.4 is 10.2 Å². The molecule has 4 nitrogen and oxygen atoms in total. The monoisotopic (exact) mass is 285 g/mol. The number of likely N-dealkylation sites (N-methyl/N-ethyl adjacent to an activating group) is 1. The lowest BCUT2D eigenvalue weighted by Crippen LogP contribution is -2.44. The fourth-order valence-electron chi connectivity index (χ4n) is 1.73. The molecule has 1 fully saturated rings. The maximum atomic E-state index is 5.65. The summed E-state index contributed by atoms with van der Waals surface area (Å²) in [4.78, 5) is 6.46. The van der Waals surface area contributed by atoms with Gasteiger partial charge in [0, 0.05) is 37.4 Å². The summed E-state index contributed by atoms with van der Waals surface area (Å²) in [7, 11) is 2.04. The number of halogens is 1. The molecule has 5 heteroatoms. The summed E-state index contributed by atoms with van der Waals surface area (Å²) in [5, 5.41) is 3.32. The number of ether oxygens (including phenoxy) is 1. The Morgan fingerprint density at radius 1 is 1.62 bits per heavy atom. The van der Waals surface area contributed by atoms with Crippen molar-refractivity contribution in [3.05, 3.63) is 22.8 Å². The molecule has 1 unspecified atom stereocenters. The molecule has 0 aliphatic carbocycles. The Bertz CT molecular complexity index is 325. The summed E-state index contributed by atoms with van der Waals surface area (Å²) in [6.07, 6.45) is 2.07. The van der Waals surface area contributed by atoms with Crippen molar-refractivity contribution in [3.63, 3.8) is 0 Å². The average Bonchev–Trinajstić information content (AvgIpc) is 2.31. The number of nitrogens with zero attached hydrogens (tertiary/aromatic N) is 2. The zero-order chi connectivity index (χ0) is 11.4. The summed E-state index contributed by atoms with van der Waals surface area (Å²) >= 11 is 3.38. The van der Waals surface area contributed by atoms with E-state index in [0.717, 1.165) is 36.5 Å². The topological polar surface area (TPSA) is 37.4 Å². The van der Waals surface area contributed by atoms with E-state index in [0.29, 0.717) is 0 Å². The first-order chi connectivity index (χ1) is 7.75. The van der Waals surface area contributed by atoms with Crippen molar-refractivity contribution in [2.75, 3.05) is 38.2 Å². The average molecular weight is 286 g/mol. The molecule has 1 aliphatic heterocycles. The molecule has 0 radical (unpaired) electrons. The van der Waals surface area contributed by atoms with Crippen LogP contribution in [0.2, 0.25) is 0 Å². The summed E-state index contributed by atoms with van der Waals surface area (Å²) in [5.41, 5.74) is 0. The number of hydrogen-bond acceptors (Lipinski definition) is 4. The standard InChI is InChI=1S/C11H16BrN3O/c1-15(8-10-7-13-4-5-16-10)11-3-2-9(12)6-14-11/h2-3,6,10,13H,4-5,7-8H2,1H3. The first-order valence-electron chi connectivity index (χ1n) is 5.41. The summed E-state index contributed by atoms with van der Waals surface area (Å²) < 4.78 is 6.65. The summed E-state index contributed by atoms with van der Waals surface area (Å²) in [5.74, 6) is 0.970. The number of hydrogen-bond donors (Lipinski definition) is 1. The molecule has 1 saturated heterocycles. The number of nitrogens with one attached hydrogen (secondary N) is 1. The van der Waals surface area contributed by atoms with Gasteiger partial charge in [-0.25, -0.2) is 4.98 Å². The van der Waals surface area contributed by atoms with E-state index in [1.165, 1.54) is 0 Å². The Kier molecular flexibility index (Phi) is 4.15. The van der Waals surface area contributed by atoms with Gasteiger partial charge in [0.25, 0.3) is 0 Å². The molecule has 1 aromatic heterocycles. The van der Waals surface area contributed by atoms with Crippen LogP contribution in [0.25, 0.3) is 0 Å². The second-order valence-electron chi connectivity index (χ2n) is 3.91. The fraction of sp³-hybridized carbons (Fsp3) is 0.545. The second-order valence-corrected chi connectivity index (χ2v) is 4.83. The molecule has 0 spiro atoms. The molecule has 16 heavy (non-hydrogen) atoms. The van der Waals surface area contributed by atoms with Crippen molar-refractivity contribution in [1.82, 2.24) is 10.3 Å². The van der Waals surface area contributed by atoms with Crippen molar-refractivity contribution in [2.24, 2.45) is 0 Å². The van der Waals surface area contributed by atoms with Gasteiger partial charge in [-0.1, -0.05) is 0 Å². The van der Waals surface area contributed by atoms with Gasteiger partial charge in [-0.3, -0.25) is 0 Å². The normalized spacial score (nSPS) is 20.8. The lowest BCUT2D eigenvalue weighted by atomic mass is 10.3. The Balaban J connectivity index is 1.91. The molecule has 2 rings (SSSR count). The maximum absolute atomic E-state index is 5.65. The highest BCUT2D eigenvalue weighted by atomic mass is 79.9. The van der Waals surface area contributed by atoms with Crippen LogP contribution >= 0.6 is 15.9 Å². The molecule has 88 valence electrons. The predicted octanol–water partition coefficient (Wildman–Crippen LogP) is 1.27. The summed E-state index contributed by atoms with van der Waals surface area (Å²) in [6, 6.07) is 4.00. The molecule has 1 aliphatic rings. The van der Waals surface area contributed by atoms with Gasteiger partial charge in [0.05, 0.1) is 12.7 Å². The Hall–Kier alpha value is -0.650. The molecular weight excluding hydrogens is 270 g/mol. The molecular formula is C11H16BrN3O. The minimum atomic E-state index is 0.254. The van der Waals surface area contributed by atoms with Crippen molar-refractivity contribution < 1.29 is 4.74 Å². The molecule has 1 aromatic rings. The van der Waals surface area contributed by atoms with Crippen LogP contribution in [0.3, 0.4) is 0 Å². The number of anilines is 1. The van der Waals surface area contributed by atoms with Gasteiger partial charge in [-0.15, -0.1) is 0 Å². The van der Waals surface area contributed by atoms with Crippen LogP contribution in [0.5, 0.6) is 0 Å². The maximum Gasteiger partial charge on any atom is 0.128 e. The number of rotatable bonds is 3. The SMILES string of the molecule is CN(CC1CNCCO1)c1ccc(Br)cn1. The minimum Gasteiger partial charge on any atom is -0.374 e. The Morgan fingerprint density at radius 2 is 2.50 bits per heavy atom. The molecule has 0 aromatic carbocycles. The third-order valence-corrected chi connectivity index (χ3v) is 3.05. The van der Waals surface area contributed by atoms with Crippen molar-refractivity contribution in [1.29, 1.82) is 0 Å². The van der Waals surface area contributed by atoms with Crippen LogP contribution in [0, 0.1) is 0 Å². The van der Waals surface area contributed by atoms with Gasteiger partial charge >= 0.3 is 0 Å². The van der Waals surface area contributed by atoms with Crippen LogP contribution in [-0.4, -0.2) is 44.4 Å². The van der Waals surface area contributed by atoms with Crippen LogP contribution in [0.15, 0.2) is 22.8 Å². The third-order valence-electron chi connectivity index (χ3n) is 2.58. The lowest BCUT2D eigenvalue weighted by Gasteiger charge is -2.28. The summed E-state index contributed by atoms with van der Waals surface area (Å²) in [6.45, 7) is 3.53. The molecule has 1 atom stereocenters. The quantitative estimate of drug-likeness (QED) is 0.908. The van der Waals surface area contributed by atoms with E-state index in [1.807, 2.05) is 25.4 Å². The van der Waals surface area contributed by atoms with Crippen LogP contribution in [0.1, 0.15) is 0 Å². The molecule has 0 amide bonds. The van der Waals surface area contributed by atoms with E-state index in [2.05, 4.69) is 31.1 Å². The van der Waals surface area contributed by atoms with Crippen LogP contribution in [0.4, 0.5) is 5.82 Å². The van der Waals surface area contributed by atoms with E-state index in [-0.39, 0.29) is 6.10 Å². The molecule has 0 saturated carbocycles. The fourth-order valence-corrected chi connectivity index (χ4v) is 1.96. The van der Waals surface area contributed by atoms with E-state index < -0.39 is 0 Å². The number of aromatic nitrogens is 1. The van der Waals surface area contributed by atoms with Crippen molar-refractivity contribution in [2.45, 2.75) is 6.10 Å². The van der Waals surface area contributed by atoms with Crippen LogP contribution in [-0.2, 0) is 4.74 Å². The first-order valence-corrected chi connectivity index (χ1v) is 6.20. The van der Waals surface area contributed by atoms with Crippen molar-refractivity contribution >= 4 is 21.7 Å². The van der Waals surface area contributed by atoms with Gasteiger partial charge in [0.2, 0.25) is 0 Å². The highest BCUT2D eigenvalue weighted by molar-refractivity contribution is 9.10. The third kappa shape index (κ3) is 3.17. The van der Waals surface area contributed by atoms with Crippen molar-refractivity contribution in [3.8, 4) is 0 Å². The van der Waals surface area contributed by atoms with Gasteiger partial charge in [0.1, 0.15) is 5.82 Å².